The van der Waals surface area contributed by atoms with Crippen molar-refractivity contribution in [2.75, 3.05) is 0 Å². The van der Waals surface area contributed by atoms with Crippen molar-refractivity contribution in [3.63, 3.8) is 0 Å². The van der Waals surface area contributed by atoms with E-state index in [0.717, 1.165) is 11.2 Å². The van der Waals surface area contributed by atoms with Crippen molar-refractivity contribution in [1.82, 2.24) is 0 Å². The van der Waals surface area contributed by atoms with Crippen LogP contribution in [0, 0.1) is 3.57 Å². The predicted molar refractivity (Wildman–Crippen MR) is 104 cm³/mol. The molecule has 112 valence electrons. The van der Waals surface area contributed by atoms with E-state index in [1.54, 1.807) is 0 Å². The Hall–Kier alpha value is -1.81. The van der Waals surface area contributed by atoms with Crippen LogP contribution in [0.1, 0.15) is 25.0 Å². The quantitative estimate of drug-likeness (QED) is 0.302. The molecule has 0 amide bonds. The molecular formula is C21H15IO. The molecule has 1 aromatic heterocycles. The van der Waals surface area contributed by atoms with Crippen LogP contribution in [0.25, 0.3) is 33.1 Å². The number of furan rings is 1. The van der Waals surface area contributed by atoms with Crippen molar-refractivity contribution >= 4 is 44.5 Å². The summed E-state index contributed by atoms with van der Waals surface area (Å²) in [7, 11) is 0. The summed E-state index contributed by atoms with van der Waals surface area (Å²) in [4.78, 5) is 0. The summed E-state index contributed by atoms with van der Waals surface area (Å²) in [6.07, 6.45) is 0. The van der Waals surface area contributed by atoms with E-state index in [2.05, 4.69) is 91.0 Å². The first-order valence-corrected chi connectivity index (χ1v) is 8.90. The van der Waals surface area contributed by atoms with Gasteiger partial charge in [-0.25, -0.2) is 0 Å². The Morgan fingerprint density at radius 3 is 2.57 bits per heavy atom. The fraction of sp³-hybridized carbons (Fsp3) is 0.143. The molecule has 0 saturated carbocycles. The lowest BCUT2D eigenvalue weighted by Crippen LogP contribution is -2.14. The molecule has 0 fully saturated rings. The van der Waals surface area contributed by atoms with Crippen LogP contribution < -0.4 is 0 Å². The number of halogens is 1. The maximum absolute atomic E-state index is 6.30. The molecule has 1 nitrogen and oxygen atoms in total. The molecule has 4 aromatic rings. The maximum Gasteiger partial charge on any atom is 0.143 e. The molecule has 0 aliphatic heterocycles. The third-order valence-electron chi connectivity index (χ3n) is 5.14. The van der Waals surface area contributed by atoms with E-state index in [0.29, 0.717) is 0 Å². The molecule has 0 bridgehead atoms. The van der Waals surface area contributed by atoms with Gasteiger partial charge >= 0.3 is 0 Å². The van der Waals surface area contributed by atoms with E-state index in [4.69, 9.17) is 4.42 Å². The SMILES string of the molecule is CC1(C)c2ccccc2-c2c1ccc1c2oc2ccc(I)cc21. The minimum atomic E-state index is 0.0213. The summed E-state index contributed by atoms with van der Waals surface area (Å²) in [5.74, 6) is 0. The highest BCUT2D eigenvalue weighted by Crippen LogP contribution is 2.52. The second kappa shape index (κ2) is 4.38. The standard InChI is InChI=1S/C21H15IO/c1-21(2)16-6-4-3-5-14(16)19-17(21)9-8-13-15-11-12(22)7-10-18(15)23-20(13)19/h3-11H,1-2H3. The number of hydrogen-bond acceptors (Lipinski definition) is 1. The van der Waals surface area contributed by atoms with E-state index in [-0.39, 0.29) is 5.41 Å². The van der Waals surface area contributed by atoms with E-state index in [9.17, 15) is 0 Å². The van der Waals surface area contributed by atoms with Crippen LogP contribution in [0.4, 0.5) is 0 Å². The summed E-state index contributed by atoms with van der Waals surface area (Å²) >= 11 is 2.36. The molecule has 0 saturated heterocycles. The summed E-state index contributed by atoms with van der Waals surface area (Å²) in [5.41, 5.74) is 7.35. The first-order chi connectivity index (χ1) is 11.1. The third-order valence-corrected chi connectivity index (χ3v) is 5.82. The summed E-state index contributed by atoms with van der Waals surface area (Å²) in [6, 6.07) is 19.6. The lowest BCUT2D eigenvalue weighted by atomic mass is 9.82. The van der Waals surface area contributed by atoms with Crippen LogP contribution >= 0.6 is 22.6 Å². The van der Waals surface area contributed by atoms with Gasteiger partial charge in [0, 0.05) is 25.3 Å². The van der Waals surface area contributed by atoms with Crippen molar-refractivity contribution in [2.24, 2.45) is 0 Å². The van der Waals surface area contributed by atoms with Crippen LogP contribution in [0.2, 0.25) is 0 Å². The number of fused-ring (bicyclic) bond motifs is 7. The van der Waals surface area contributed by atoms with Crippen LogP contribution in [0.5, 0.6) is 0 Å². The molecule has 0 atom stereocenters. The Balaban J connectivity index is 1.99. The number of rotatable bonds is 0. The predicted octanol–water partition coefficient (Wildman–Crippen LogP) is 6.50. The molecule has 0 spiro atoms. The highest BCUT2D eigenvalue weighted by atomic mass is 127. The largest absolute Gasteiger partial charge is 0.455 e. The molecule has 1 heterocycles. The fourth-order valence-electron chi connectivity index (χ4n) is 3.99. The van der Waals surface area contributed by atoms with Gasteiger partial charge in [0.05, 0.1) is 0 Å². The molecule has 0 unspecified atom stereocenters. The minimum absolute atomic E-state index is 0.0213. The third kappa shape index (κ3) is 1.67. The first-order valence-electron chi connectivity index (χ1n) is 7.82. The maximum atomic E-state index is 6.30. The van der Waals surface area contributed by atoms with Crippen LogP contribution in [0.3, 0.4) is 0 Å². The lowest BCUT2D eigenvalue weighted by molar-refractivity contribution is 0.653. The van der Waals surface area contributed by atoms with Gasteiger partial charge in [-0.2, -0.15) is 0 Å². The van der Waals surface area contributed by atoms with Gasteiger partial charge in [0.2, 0.25) is 0 Å². The molecule has 23 heavy (non-hydrogen) atoms. The van der Waals surface area contributed by atoms with E-state index in [1.807, 2.05) is 0 Å². The molecular weight excluding hydrogens is 395 g/mol. The highest BCUT2D eigenvalue weighted by molar-refractivity contribution is 14.1. The zero-order valence-electron chi connectivity index (χ0n) is 13.0. The highest BCUT2D eigenvalue weighted by Gasteiger charge is 2.37. The number of benzene rings is 3. The lowest BCUT2D eigenvalue weighted by Gasteiger charge is -2.21. The topological polar surface area (TPSA) is 13.1 Å². The van der Waals surface area contributed by atoms with E-state index >= 15 is 0 Å². The van der Waals surface area contributed by atoms with E-state index < -0.39 is 0 Å². The van der Waals surface area contributed by atoms with Crippen molar-refractivity contribution in [1.29, 1.82) is 0 Å². The Morgan fingerprint density at radius 1 is 0.870 bits per heavy atom. The smallest absolute Gasteiger partial charge is 0.143 e. The Morgan fingerprint density at radius 2 is 1.70 bits per heavy atom. The Kier molecular flexibility index (Phi) is 2.59. The molecule has 5 rings (SSSR count). The van der Waals surface area contributed by atoms with Gasteiger partial charge in [0.15, 0.2) is 0 Å². The van der Waals surface area contributed by atoms with Crippen molar-refractivity contribution in [3.05, 3.63) is 69.3 Å². The monoisotopic (exact) mass is 410 g/mol. The van der Waals surface area contributed by atoms with Crippen molar-refractivity contribution in [2.45, 2.75) is 19.3 Å². The molecule has 2 heteroatoms. The van der Waals surface area contributed by atoms with Gasteiger partial charge in [-0.15, -0.1) is 0 Å². The van der Waals surface area contributed by atoms with Crippen LogP contribution in [-0.2, 0) is 5.41 Å². The average molecular weight is 410 g/mol. The van der Waals surface area contributed by atoms with Gasteiger partial charge in [-0.1, -0.05) is 50.2 Å². The summed E-state index contributed by atoms with van der Waals surface area (Å²) in [5, 5.41) is 2.42. The molecule has 1 aliphatic carbocycles. The summed E-state index contributed by atoms with van der Waals surface area (Å²) in [6.45, 7) is 4.60. The van der Waals surface area contributed by atoms with Gasteiger partial charge in [0.1, 0.15) is 11.2 Å². The second-order valence-electron chi connectivity index (χ2n) is 6.78. The van der Waals surface area contributed by atoms with Crippen LogP contribution in [0.15, 0.2) is 59.0 Å². The van der Waals surface area contributed by atoms with Gasteiger partial charge in [-0.05, 0) is 57.5 Å². The van der Waals surface area contributed by atoms with Gasteiger partial charge in [0.25, 0.3) is 0 Å². The average Bonchev–Trinajstić information content (AvgIpc) is 3.02. The number of hydrogen-bond donors (Lipinski definition) is 0. The molecule has 0 N–H and O–H groups in total. The van der Waals surface area contributed by atoms with E-state index in [1.165, 1.54) is 36.6 Å². The Bertz CT molecular complexity index is 1100. The van der Waals surface area contributed by atoms with Gasteiger partial charge in [-0.3, -0.25) is 0 Å². The first kappa shape index (κ1) is 13.6. The normalized spacial score (nSPS) is 15.1. The van der Waals surface area contributed by atoms with Crippen molar-refractivity contribution in [3.8, 4) is 11.1 Å². The van der Waals surface area contributed by atoms with Crippen molar-refractivity contribution < 1.29 is 4.42 Å². The van der Waals surface area contributed by atoms with Crippen LogP contribution in [-0.4, -0.2) is 0 Å². The summed E-state index contributed by atoms with van der Waals surface area (Å²) < 4.78 is 7.53. The second-order valence-corrected chi connectivity index (χ2v) is 8.02. The minimum Gasteiger partial charge on any atom is -0.455 e. The van der Waals surface area contributed by atoms with Gasteiger partial charge < -0.3 is 4.42 Å². The zero-order valence-corrected chi connectivity index (χ0v) is 15.1. The molecule has 0 radical (unpaired) electrons. The molecule has 1 aliphatic rings. The zero-order chi connectivity index (χ0) is 15.8. The Labute approximate surface area is 148 Å². The molecule has 3 aromatic carbocycles. The fourth-order valence-corrected chi connectivity index (χ4v) is 4.48.